The van der Waals surface area contributed by atoms with Crippen LogP contribution in [0.4, 0.5) is 0 Å². The van der Waals surface area contributed by atoms with E-state index in [0.29, 0.717) is 12.5 Å². The fraction of sp³-hybridized carbons (Fsp3) is 0.625. The Morgan fingerprint density at radius 3 is 2.73 bits per heavy atom. The van der Waals surface area contributed by atoms with Crippen LogP contribution in [0.2, 0.25) is 0 Å². The van der Waals surface area contributed by atoms with Gasteiger partial charge in [-0.25, -0.2) is 4.99 Å². The number of hydrogen-bond acceptors (Lipinski definition) is 3. The Balaban J connectivity index is 2.71. The summed E-state index contributed by atoms with van der Waals surface area (Å²) in [5, 5.41) is 0. The Bertz CT molecular complexity index is 212. The molecule has 1 aliphatic rings. The van der Waals surface area contributed by atoms with Gasteiger partial charge in [0.1, 0.15) is 6.61 Å². The average molecular weight is 154 g/mol. The van der Waals surface area contributed by atoms with Gasteiger partial charge in [-0.1, -0.05) is 0 Å². The number of nitrogens with zero attached hydrogens (tertiary/aromatic N) is 1. The van der Waals surface area contributed by atoms with Gasteiger partial charge in [0.15, 0.2) is 0 Å². The molecule has 0 saturated carbocycles. The van der Waals surface area contributed by atoms with E-state index in [9.17, 15) is 0 Å². The van der Waals surface area contributed by atoms with Crippen molar-refractivity contribution in [3.8, 4) is 0 Å². The molecule has 0 saturated heterocycles. The van der Waals surface area contributed by atoms with E-state index in [1.807, 2.05) is 20.8 Å². The summed E-state index contributed by atoms with van der Waals surface area (Å²) in [4.78, 5) is 4.30. The topological polar surface area (TPSA) is 47.6 Å². The van der Waals surface area contributed by atoms with Crippen molar-refractivity contribution in [2.75, 3.05) is 6.61 Å². The molecule has 3 nitrogen and oxygen atoms in total. The summed E-state index contributed by atoms with van der Waals surface area (Å²) < 4.78 is 5.27. The molecule has 0 radical (unpaired) electrons. The van der Waals surface area contributed by atoms with Crippen LogP contribution in [0, 0.1) is 0 Å². The largest absolute Gasteiger partial charge is 0.475 e. The molecule has 2 N–H and O–H groups in total. The van der Waals surface area contributed by atoms with E-state index < -0.39 is 0 Å². The van der Waals surface area contributed by atoms with Crippen LogP contribution in [-0.4, -0.2) is 18.0 Å². The predicted molar refractivity (Wildman–Crippen MR) is 45.4 cm³/mol. The number of nitrogens with two attached hydrogens (primary N) is 1. The van der Waals surface area contributed by atoms with E-state index in [2.05, 4.69) is 4.99 Å². The fourth-order valence-corrected chi connectivity index (χ4v) is 0.882. The molecule has 0 spiro atoms. The van der Waals surface area contributed by atoms with Gasteiger partial charge in [-0.2, -0.15) is 0 Å². The second-order valence-corrected chi connectivity index (χ2v) is 3.44. The molecule has 0 aliphatic carbocycles. The van der Waals surface area contributed by atoms with Crippen LogP contribution < -0.4 is 5.73 Å². The monoisotopic (exact) mass is 154 g/mol. The van der Waals surface area contributed by atoms with Crippen molar-refractivity contribution < 1.29 is 4.74 Å². The minimum absolute atomic E-state index is 0.0821. The van der Waals surface area contributed by atoms with Gasteiger partial charge in [0, 0.05) is 11.8 Å². The number of allylic oxidation sites excluding steroid dienone is 1. The zero-order valence-electron chi connectivity index (χ0n) is 7.22. The Morgan fingerprint density at radius 2 is 2.36 bits per heavy atom. The molecule has 0 aromatic rings. The van der Waals surface area contributed by atoms with E-state index in [-0.39, 0.29) is 5.54 Å². The normalized spacial score (nSPS) is 22.8. The summed E-state index contributed by atoms with van der Waals surface area (Å²) in [5.41, 5.74) is 6.10. The molecule has 0 unspecified atom stereocenters. The lowest BCUT2D eigenvalue weighted by Gasteiger charge is -2.07. The van der Waals surface area contributed by atoms with Gasteiger partial charge in [0.25, 0.3) is 0 Å². The minimum Gasteiger partial charge on any atom is -0.475 e. The molecule has 0 aromatic heterocycles. The maximum atomic E-state index is 5.46. The van der Waals surface area contributed by atoms with Crippen molar-refractivity contribution in [3.63, 3.8) is 0 Å². The van der Waals surface area contributed by atoms with Gasteiger partial charge in [-0.05, 0) is 20.8 Å². The van der Waals surface area contributed by atoms with Crippen molar-refractivity contribution in [2.24, 2.45) is 10.7 Å². The van der Waals surface area contributed by atoms with E-state index in [1.165, 1.54) is 0 Å². The van der Waals surface area contributed by atoms with Gasteiger partial charge in [0.05, 0.1) is 5.54 Å². The van der Waals surface area contributed by atoms with Crippen molar-refractivity contribution in [1.82, 2.24) is 0 Å². The van der Waals surface area contributed by atoms with E-state index in [4.69, 9.17) is 10.5 Å². The van der Waals surface area contributed by atoms with Crippen LogP contribution in [0.5, 0.6) is 0 Å². The van der Waals surface area contributed by atoms with Crippen LogP contribution in [0.25, 0.3) is 0 Å². The Morgan fingerprint density at radius 1 is 1.73 bits per heavy atom. The molecule has 11 heavy (non-hydrogen) atoms. The third-order valence-electron chi connectivity index (χ3n) is 1.34. The van der Waals surface area contributed by atoms with Crippen LogP contribution in [0.1, 0.15) is 20.8 Å². The third kappa shape index (κ3) is 2.26. The van der Waals surface area contributed by atoms with Crippen molar-refractivity contribution in [1.29, 1.82) is 0 Å². The maximum Gasteiger partial charge on any atom is 0.211 e. The maximum absolute atomic E-state index is 5.46. The molecule has 0 atom stereocenters. The standard InChI is InChI=1S/C8H14N2O/c1-6(9)4-7-10-8(2,3)5-11-7/h4H,5,9H2,1-3H3. The van der Waals surface area contributed by atoms with Gasteiger partial charge >= 0.3 is 0 Å². The smallest absolute Gasteiger partial charge is 0.211 e. The summed E-state index contributed by atoms with van der Waals surface area (Å²) in [5.74, 6) is 0.648. The van der Waals surface area contributed by atoms with Gasteiger partial charge in [-0.15, -0.1) is 0 Å². The molecule has 1 aliphatic heterocycles. The van der Waals surface area contributed by atoms with Gasteiger partial charge in [-0.3, -0.25) is 0 Å². The molecule has 1 rings (SSSR count). The lowest BCUT2D eigenvalue weighted by Crippen LogP contribution is -2.17. The van der Waals surface area contributed by atoms with E-state index in [1.54, 1.807) is 6.08 Å². The highest BCUT2D eigenvalue weighted by Gasteiger charge is 2.24. The molecule has 3 heteroatoms. The highest BCUT2D eigenvalue weighted by atomic mass is 16.5. The molecular weight excluding hydrogens is 140 g/mol. The lowest BCUT2D eigenvalue weighted by molar-refractivity contribution is 0.280. The molecule has 0 amide bonds. The molecule has 0 fully saturated rings. The first kappa shape index (κ1) is 8.11. The molecular formula is C8H14N2O. The number of ether oxygens (including phenoxy) is 1. The zero-order chi connectivity index (χ0) is 8.48. The average Bonchev–Trinajstić information content (AvgIpc) is 2.08. The lowest BCUT2D eigenvalue weighted by atomic mass is 10.1. The summed E-state index contributed by atoms with van der Waals surface area (Å²) in [7, 11) is 0. The first-order chi connectivity index (χ1) is 4.99. The van der Waals surface area contributed by atoms with Gasteiger partial charge in [0.2, 0.25) is 5.90 Å². The summed E-state index contributed by atoms with van der Waals surface area (Å²) in [6.07, 6.45) is 1.74. The SMILES string of the molecule is CC(N)=CC1=NC(C)(C)CO1. The second-order valence-electron chi connectivity index (χ2n) is 3.44. The summed E-state index contributed by atoms with van der Waals surface area (Å²) in [6.45, 7) is 6.52. The van der Waals surface area contributed by atoms with Crippen LogP contribution in [0.15, 0.2) is 16.8 Å². The summed E-state index contributed by atoms with van der Waals surface area (Å²) in [6, 6.07) is 0. The Kier molecular flexibility index (Phi) is 1.89. The van der Waals surface area contributed by atoms with Crippen LogP contribution >= 0.6 is 0 Å². The van der Waals surface area contributed by atoms with Crippen molar-refractivity contribution >= 4 is 5.90 Å². The Hall–Kier alpha value is -0.990. The second kappa shape index (κ2) is 2.57. The predicted octanol–water partition coefficient (Wildman–Crippen LogP) is 1.06. The number of rotatable bonds is 1. The summed E-state index contributed by atoms with van der Waals surface area (Å²) >= 11 is 0. The van der Waals surface area contributed by atoms with Crippen LogP contribution in [-0.2, 0) is 4.74 Å². The minimum atomic E-state index is -0.0821. The number of hydrogen-bond donors (Lipinski definition) is 1. The van der Waals surface area contributed by atoms with Crippen molar-refractivity contribution in [2.45, 2.75) is 26.3 Å². The zero-order valence-corrected chi connectivity index (χ0v) is 7.22. The Labute approximate surface area is 66.9 Å². The van der Waals surface area contributed by atoms with Crippen LogP contribution in [0.3, 0.4) is 0 Å². The number of aliphatic imine (C=N–C) groups is 1. The van der Waals surface area contributed by atoms with E-state index >= 15 is 0 Å². The first-order valence-electron chi connectivity index (χ1n) is 3.66. The quantitative estimate of drug-likeness (QED) is 0.613. The molecule has 0 aromatic carbocycles. The van der Waals surface area contributed by atoms with Gasteiger partial charge < -0.3 is 10.5 Å². The molecule has 0 bridgehead atoms. The first-order valence-corrected chi connectivity index (χ1v) is 3.66. The van der Waals surface area contributed by atoms with Crippen molar-refractivity contribution in [3.05, 3.63) is 11.8 Å². The third-order valence-corrected chi connectivity index (χ3v) is 1.34. The highest BCUT2D eigenvalue weighted by molar-refractivity contribution is 5.89. The van der Waals surface area contributed by atoms with E-state index in [0.717, 1.165) is 5.70 Å². The molecule has 62 valence electrons. The fourth-order valence-electron chi connectivity index (χ4n) is 0.882. The molecule has 1 heterocycles. The highest BCUT2D eigenvalue weighted by Crippen LogP contribution is 2.17.